The van der Waals surface area contributed by atoms with E-state index in [1.54, 1.807) is 0 Å². The van der Waals surface area contributed by atoms with Crippen molar-refractivity contribution in [2.45, 2.75) is 29.4 Å². The minimum Gasteiger partial charge on any atom is -0.398 e. The lowest BCUT2D eigenvalue weighted by molar-refractivity contribution is 0.480. The van der Waals surface area contributed by atoms with Crippen LogP contribution in [0, 0.1) is 0 Å². The normalized spacial score (nSPS) is 13.3. The molecule has 8 aromatic carbocycles. The summed E-state index contributed by atoms with van der Waals surface area (Å²) in [6.07, 6.45) is 0. The van der Waals surface area contributed by atoms with Crippen LogP contribution in [0.15, 0.2) is 204 Å². The lowest BCUT2D eigenvalue weighted by atomic mass is 10.0. The molecule has 0 amide bonds. The van der Waals surface area contributed by atoms with Crippen molar-refractivity contribution in [3.05, 3.63) is 133 Å². The van der Waals surface area contributed by atoms with Gasteiger partial charge in [-0.25, -0.2) is 0 Å². The number of hydrogen-bond acceptors (Lipinski definition) is 22. The van der Waals surface area contributed by atoms with Crippen LogP contribution in [-0.2, 0) is 60.7 Å². The molecule has 34 heteroatoms. The lowest BCUT2D eigenvalue weighted by Crippen LogP contribution is -2.05. The summed E-state index contributed by atoms with van der Waals surface area (Å²) >= 11 is 0. The Morgan fingerprint density at radius 2 is 0.551 bits per heavy atom. The number of nitrogens with zero attached hydrogens (tertiary/aromatic N) is 8. The van der Waals surface area contributed by atoms with Gasteiger partial charge in [-0.3, -0.25) is 27.3 Å². The fourth-order valence-electron chi connectivity index (χ4n) is 7.34. The van der Waals surface area contributed by atoms with Crippen molar-refractivity contribution in [3.63, 3.8) is 0 Å². The van der Waals surface area contributed by atoms with E-state index in [-0.39, 0.29) is 56.3 Å². The average molecular weight is 1180 g/mol. The molecule has 0 heterocycles. The Hall–Kier alpha value is -8.26. The first kappa shape index (κ1) is 56.0. The molecular weight excluding hydrogens is 1150 g/mol. The lowest BCUT2D eigenvalue weighted by Gasteiger charge is -2.12. The van der Waals surface area contributed by atoms with E-state index in [2.05, 4.69) is 40.9 Å². The minimum atomic E-state index is -5.28. The maximum atomic E-state index is 12.8. The van der Waals surface area contributed by atoms with Crippen LogP contribution in [0.5, 0.6) is 0 Å². The first-order valence-corrected chi connectivity index (χ1v) is 29.6. The SMILES string of the molecule is Nc1ccc(N=Nc2ccc(N=Nc3ccc(-c4ccc(N=Nc5ccc(N=Nc6ccc(N)c7ccc(S(=O)(=O)O)cc67)c(S(=O)(=O)O)c5)cc4S(=O)(=O)O)c(S(=O)(=O)O)c3)cc2S(=O)(=O)O)c2cc(S(=O)(=O)O)ccc12. The van der Waals surface area contributed by atoms with Crippen LogP contribution in [0.1, 0.15) is 0 Å². The smallest absolute Gasteiger partial charge is 0.296 e. The summed E-state index contributed by atoms with van der Waals surface area (Å²) in [4.78, 5) is -4.69. The number of azo groups is 4. The molecular formula is C44H32N10O18S6. The summed E-state index contributed by atoms with van der Waals surface area (Å²) in [5, 5.41) is 32.0. The van der Waals surface area contributed by atoms with Crippen LogP contribution >= 0.6 is 0 Å². The number of hydrogen-bond donors (Lipinski definition) is 8. The van der Waals surface area contributed by atoms with E-state index in [0.717, 1.165) is 97.1 Å². The van der Waals surface area contributed by atoms with Crippen LogP contribution < -0.4 is 11.5 Å². The standard InChI is InChI=1S/C44H32N10O18S6/c45-35-11-15-37(33-21-27(73(55,56)57)5-9-29(33)35)51-53-39-13-3-25(19-43(39)77(67,68)69)49-47-23-1-7-31(41(17-23)75(61,62)63)32-8-2-24(18-42(32)76(64,65)66)48-50-26-4-14-40(44(20-26)78(70,71)72)54-52-38-16-12-36(46)30-10-6-28(22-34(30)38)74(58,59)60/h1-22H,45-46H2,(H,55,56,57)(H,58,59,60)(H,61,62,63)(H,64,65,66)(H,67,68,69)(H,70,71,72). The highest BCUT2D eigenvalue weighted by molar-refractivity contribution is 7.87. The summed E-state index contributed by atoms with van der Waals surface area (Å²) < 4.78 is 208. The summed E-state index contributed by atoms with van der Waals surface area (Å²) in [6, 6.07) is 23.9. The summed E-state index contributed by atoms with van der Waals surface area (Å²) in [6.45, 7) is 0. The Kier molecular flexibility index (Phi) is 14.8. The molecule has 402 valence electrons. The van der Waals surface area contributed by atoms with E-state index in [9.17, 15) is 77.8 Å². The van der Waals surface area contributed by atoms with Crippen LogP contribution in [-0.4, -0.2) is 77.8 Å². The third kappa shape index (κ3) is 12.4. The molecule has 10 N–H and O–H groups in total. The molecule has 0 bridgehead atoms. The van der Waals surface area contributed by atoms with Gasteiger partial charge in [0.15, 0.2) is 0 Å². The highest BCUT2D eigenvalue weighted by Crippen LogP contribution is 2.40. The minimum absolute atomic E-state index is 0.0323. The molecule has 0 aliphatic heterocycles. The van der Waals surface area contributed by atoms with E-state index in [4.69, 9.17) is 11.5 Å². The fraction of sp³-hybridized carbons (Fsp3) is 0. The van der Waals surface area contributed by atoms with Crippen molar-refractivity contribution in [1.29, 1.82) is 0 Å². The number of rotatable bonds is 15. The number of benzene rings is 8. The molecule has 0 fully saturated rings. The van der Waals surface area contributed by atoms with Gasteiger partial charge in [0.05, 0.1) is 43.9 Å². The van der Waals surface area contributed by atoms with Crippen LogP contribution in [0.2, 0.25) is 0 Å². The van der Waals surface area contributed by atoms with E-state index in [0.29, 0.717) is 10.8 Å². The Morgan fingerprint density at radius 1 is 0.269 bits per heavy atom. The van der Waals surface area contributed by atoms with Gasteiger partial charge in [0.25, 0.3) is 60.7 Å². The van der Waals surface area contributed by atoms with Crippen molar-refractivity contribution in [1.82, 2.24) is 0 Å². The second-order valence-corrected chi connectivity index (χ2v) is 24.5. The van der Waals surface area contributed by atoms with E-state index in [1.165, 1.54) is 36.4 Å². The third-order valence-electron chi connectivity index (χ3n) is 10.9. The summed E-state index contributed by atoms with van der Waals surface area (Å²) in [5.41, 5.74) is 9.11. The molecule has 0 aliphatic rings. The molecule has 0 saturated heterocycles. The largest absolute Gasteiger partial charge is 0.398 e. The maximum absolute atomic E-state index is 12.8. The third-order valence-corrected chi connectivity index (χ3v) is 16.2. The first-order chi connectivity index (χ1) is 36.3. The molecule has 0 spiro atoms. The molecule has 0 unspecified atom stereocenters. The molecule has 0 atom stereocenters. The average Bonchev–Trinajstić information content (AvgIpc) is 3.42. The maximum Gasteiger partial charge on any atom is 0.296 e. The molecule has 0 aliphatic carbocycles. The van der Waals surface area contributed by atoms with Gasteiger partial charge in [0, 0.05) is 44.0 Å². The van der Waals surface area contributed by atoms with Gasteiger partial charge in [0.1, 0.15) is 31.0 Å². The molecule has 0 saturated carbocycles. The van der Waals surface area contributed by atoms with Crippen molar-refractivity contribution >= 4 is 139 Å². The van der Waals surface area contributed by atoms with E-state index in [1.807, 2.05) is 0 Å². The van der Waals surface area contributed by atoms with Gasteiger partial charge in [-0.1, -0.05) is 24.3 Å². The Balaban J connectivity index is 1.08. The van der Waals surface area contributed by atoms with Gasteiger partial charge in [-0.2, -0.15) is 71.0 Å². The van der Waals surface area contributed by atoms with Gasteiger partial charge in [-0.15, -0.1) is 20.5 Å². The van der Waals surface area contributed by atoms with Crippen LogP contribution in [0.4, 0.5) is 56.9 Å². The van der Waals surface area contributed by atoms with Gasteiger partial charge < -0.3 is 11.5 Å². The number of anilines is 2. The predicted octanol–water partition coefficient (Wildman–Crippen LogP) is 9.97. The first-order valence-electron chi connectivity index (χ1n) is 21.0. The van der Waals surface area contributed by atoms with Crippen molar-refractivity contribution in [2.75, 3.05) is 11.5 Å². The molecule has 8 rings (SSSR count). The van der Waals surface area contributed by atoms with Crippen molar-refractivity contribution in [2.24, 2.45) is 40.9 Å². The second-order valence-electron chi connectivity index (χ2n) is 16.1. The number of nitrogen functional groups attached to an aromatic ring is 2. The van der Waals surface area contributed by atoms with Gasteiger partial charge in [-0.05, 0) is 109 Å². The number of fused-ring (bicyclic) bond motifs is 2. The molecule has 28 nitrogen and oxygen atoms in total. The van der Waals surface area contributed by atoms with Crippen molar-refractivity contribution < 1.29 is 77.8 Å². The van der Waals surface area contributed by atoms with Crippen LogP contribution in [0.25, 0.3) is 32.7 Å². The number of nitrogens with two attached hydrogens (primary N) is 2. The zero-order valence-electron chi connectivity index (χ0n) is 38.5. The van der Waals surface area contributed by atoms with E-state index < -0.39 is 113 Å². The predicted molar refractivity (Wildman–Crippen MR) is 277 cm³/mol. The monoisotopic (exact) mass is 1180 g/mol. The highest BCUT2D eigenvalue weighted by Gasteiger charge is 2.25. The zero-order valence-corrected chi connectivity index (χ0v) is 43.4. The van der Waals surface area contributed by atoms with Gasteiger partial charge >= 0.3 is 0 Å². The highest BCUT2D eigenvalue weighted by atomic mass is 32.2. The van der Waals surface area contributed by atoms with Gasteiger partial charge in [0.2, 0.25) is 0 Å². The van der Waals surface area contributed by atoms with E-state index >= 15 is 0 Å². The summed E-state index contributed by atoms with van der Waals surface area (Å²) in [5.74, 6) is 0. The second kappa shape index (κ2) is 20.6. The Labute approximate surface area is 440 Å². The molecule has 8 aromatic rings. The van der Waals surface area contributed by atoms with Crippen LogP contribution in [0.3, 0.4) is 0 Å². The molecule has 0 aromatic heterocycles. The molecule has 0 radical (unpaired) electrons. The Bertz CT molecular complexity index is 4420. The Morgan fingerprint density at radius 3 is 0.859 bits per heavy atom. The topological polar surface area (TPSA) is 477 Å². The van der Waals surface area contributed by atoms with Crippen molar-refractivity contribution in [3.8, 4) is 11.1 Å². The quantitative estimate of drug-likeness (QED) is 0.0269. The summed E-state index contributed by atoms with van der Waals surface area (Å²) in [7, 11) is -30.1. The molecule has 78 heavy (non-hydrogen) atoms. The fourth-order valence-corrected chi connectivity index (χ4v) is 11.1. The zero-order chi connectivity index (χ0) is 56.9.